The van der Waals surface area contributed by atoms with E-state index in [4.69, 9.17) is 5.73 Å². The Labute approximate surface area is 155 Å². The lowest BCUT2D eigenvalue weighted by Crippen LogP contribution is -2.29. The molecule has 1 amide bonds. The smallest absolute Gasteiger partial charge is 0.255 e. The molecule has 0 saturated carbocycles. The molecule has 5 nitrogen and oxygen atoms in total. The first-order chi connectivity index (χ1) is 12.6. The topological polar surface area (TPSA) is 78.0 Å². The number of thioether (sulfide) groups is 1. The van der Waals surface area contributed by atoms with E-state index in [1.807, 2.05) is 48.5 Å². The van der Waals surface area contributed by atoms with Crippen LogP contribution in [0.5, 0.6) is 0 Å². The summed E-state index contributed by atoms with van der Waals surface area (Å²) in [6.45, 7) is -0.172. The van der Waals surface area contributed by atoms with E-state index < -0.39 is 5.91 Å². The van der Waals surface area contributed by atoms with Crippen molar-refractivity contribution in [1.29, 1.82) is 0 Å². The summed E-state index contributed by atoms with van der Waals surface area (Å²) < 4.78 is 1.34. The highest BCUT2D eigenvalue weighted by Gasteiger charge is 2.12. The fourth-order valence-electron chi connectivity index (χ4n) is 2.56. The van der Waals surface area contributed by atoms with E-state index in [-0.39, 0.29) is 12.1 Å². The van der Waals surface area contributed by atoms with Gasteiger partial charge in [-0.15, -0.1) is 0 Å². The van der Waals surface area contributed by atoms with Gasteiger partial charge in [0.25, 0.3) is 5.56 Å². The second kappa shape index (κ2) is 8.49. The Hall–Kier alpha value is -2.86. The summed E-state index contributed by atoms with van der Waals surface area (Å²) in [6.07, 6.45) is 0.841. The summed E-state index contributed by atoms with van der Waals surface area (Å²) in [5, 5.41) is 0.506. The summed E-state index contributed by atoms with van der Waals surface area (Å²) in [6, 6.07) is 21.0. The van der Waals surface area contributed by atoms with E-state index in [1.54, 1.807) is 0 Å². The molecule has 1 heterocycles. The van der Waals surface area contributed by atoms with Crippen LogP contribution in [-0.2, 0) is 17.8 Å². The highest BCUT2D eigenvalue weighted by atomic mass is 32.2. The van der Waals surface area contributed by atoms with Crippen molar-refractivity contribution in [3.63, 3.8) is 0 Å². The standard InChI is InChI=1S/C20H19N3O2S/c21-18(24)14-23-19(25)13-17(16-9-5-2-6-10-16)22-20(23)26-12-11-15-7-3-1-4-8-15/h1-10,13H,11-12,14H2,(H2,21,24). The molecule has 0 fully saturated rings. The Balaban J connectivity index is 1.88. The average Bonchev–Trinajstić information content (AvgIpc) is 2.65. The maximum absolute atomic E-state index is 12.5. The number of benzene rings is 2. The monoisotopic (exact) mass is 365 g/mol. The number of carbonyl (C=O) groups is 1. The second-order valence-electron chi connectivity index (χ2n) is 5.76. The number of nitrogens with two attached hydrogens (primary N) is 1. The van der Waals surface area contributed by atoms with Crippen molar-refractivity contribution in [3.8, 4) is 11.3 Å². The van der Waals surface area contributed by atoms with Crippen LogP contribution in [0, 0.1) is 0 Å². The molecule has 3 rings (SSSR count). The number of amides is 1. The van der Waals surface area contributed by atoms with E-state index in [0.717, 1.165) is 17.7 Å². The molecule has 26 heavy (non-hydrogen) atoms. The van der Waals surface area contributed by atoms with Gasteiger partial charge in [0, 0.05) is 17.4 Å². The zero-order valence-electron chi connectivity index (χ0n) is 14.2. The Morgan fingerprint density at radius 2 is 1.69 bits per heavy atom. The summed E-state index contributed by atoms with van der Waals surface area (Å²) in [5.74, 6) is 0.180. The number of aryl methyl sites for hydroxylation is 1. The number of rotatable bonds is 7. The SMILES string of the molecule is NC(=O)Cn1c(SCCc2ccccc2)nc(-c2ccccc2)cc1=O. The normalized spacial score (nSPS) is 10.6. The van der Waals surface area contributed by atoms with Crippen LogP contribution in [0.15, 0.2) is 76.7 Å². The van der Waals surface area contributed by atoms with Crippen molar-refractivity contribution >= 4 is 17.7 Å². The summed E-state index contributed by atoms with van der Waals surface area (Å²) in [4.78, 5) is 28.5. The number of hydrogen-bond donors (Lipinski definition) is 1. The van der Waals surface area contributed by atoms with Crippen molar-refractivity contribution in [2.75, 3.05) is 5.75 Å². The highest BCUT2D eigenvalue weighted by molar-refractivity contribution is 7.99. The van der Waals surface area contributed by atoms with Gasteiger partial charge >= 0.3 is 0 Å². The Kier molecular flexibility index (Phi) is 5.86. The Morgan fingerprint density at radius 1 is 1.04 bits per heavy atom. The van der Waals surface area contributed by atoms with Crippen LogP contribution >= 0.6 is 11.8 Å². The molecular weight excluding hydrogens is 346 g/mol. The number of carbonyl (C=O) groups excluding carboxylic acids is 1. The molecule has 0 bridgehead atoms. The Morgan fingerprint density at radius 3 is 2.35 bits per heavy atom. The molecule has 0 atom stereocenters. The third-order valence-corrected chi connectivity index (χ3v) is 4.80. The molecule has 6 heteroatoms. The molecule has 0 saturated heterocycles. The van der Waals surface area contributed by atoms with Gasteiger partial charge in [-0.3, -0.25) is 14.2 Å². The van der Waals surface area contributed by atoms with Crippen LogP contribution in [0.25, 0.3) is 11.3 Å². The molecule has 0 aliphatic heterocycles. The number of nitrogens with zero attached hydrogens (tertiary/aromatic N) is 2. The minimum Gasteiger partial charge on any atom is -0.368 e. The van der Waals surface area contributed by atoms with Crippen LogP contribution in [0.4, 0.5) is 0 Å². The minimum atomic E-state index is -0.564. The summed E-state index contributed by atoms with van der Waals surface area (Å²) in [5.41, 5.74) is 7.69. The predicted molar refractivity (Wildman–Crippen MR) is 104 cm³/mol. The lowest BCUT2D eigenvalue weighted by molar-refractivity contribution is -0.118. The van der Waals surface area contributed by atoms with Gasteiger partial charge in [-0.25, -0.2) is 4.98 Å². The first kappa shape index (κ1) is 17.9. The molecule has 0 spiro atoms. The van der Waals surface area contributed by atoms with E-state index in [1.165, 1.54) is 28.0 Å². The second-order valence-corrected chi connectivity index (χ2v) is 6.83. The van der Waals surface area contributed by atoms with Gasteiger partial charge in [0.15, 0.2) is 5.16 Å². The molecule has 2 N–H and O–H groups in total. The predicted octanol–water partition coefficient (Wildman–Crippen LogP) is 2.73. The van der Waals surface area contributed by atoms with Crippen molar-refractivity contribution in [2.24, 2.45) is 5.73 Å². The fraction of sp³-hybridized carbons (Fsp3) is 0.150. The van der Waals surface area contributed by atoms with Crippen LogP contribution in [0.3, 0.4) is 0 Å². The maximum atomic E-state index is 12.5. The van der Waals surface area contributed by atoms with Crippen LogP contribution in [0.1, 0.15) is 5.56 Å². The molecule has 132 valence electrons. The number of aromatic nitrogens is 2. The van der Waals surface area contributed by atoms with E-state index in [2.05, 4.69) is 17.1 Å². The largest absolute Gasteiger partial charge is 0.368 e. The third-order valence-electron chi connectivity index (χ3n) is 3.82. The van der Waals surface area contributed by atoms with Gasteiger partial charge in [0.2, 0.25) is 5.91 Å². The van der Waals surface area contributed by atoms with Gasteiger partial charge in [0.05, 0.1) is 5.69 Å². The lowest BCUT2D eigenvalue weighted by atomic mass is 10.1. The van der Waals surface area contributed by atoms with Gasteiger partial charge in [0.1, 0.15) is 6.54 Å². The van der Waals surface area contributed by atoms with Crippen LogP contribution in [0.2, 0.25) is 0 Å². The zero-order valence-corrected chi connectivity index (χ0v) is 15.0. The molecule has 0 aliphatic rings. The van der Waals surface area contributed by atoms with Gasteiger partial charge in [-0.1, -0.05) is 72.4 Å². The zero-order chi connectivity index (χ0) is 18.4. The highest BCUT2D eigenvalue weighted by Crippen LogP contribution is 2.21. The maximum Gasteiger partial charge on any atom is 0.255 e. The van der Waals surface area contributed by atoms with Gasteiger partial charge in [-0.2, -0.15) is 0 Å². The van der Waals surface area contributed by atoms with Gasteiger partial charge in [-0.05, 0) is 12.0 Å². The molecular formula is C20H19N3O2S. The lowest BCUT2D eigenvalue weighted by Gasteiger charge is -2.12. The van der Waals surface area contributed by atoms with Crippen LogP contribution < -0.4 is 11.3 Å². The van der Waals surface area contributed by atoms with Crippen molar-refractivity contribution < 1.29 is 4.79 Å². The number of primary amides is 1. The van der Waals surface area contributed by atoms with E-state index in [0.29, 0.717) is 10.9 Å². The quantitative estimate of drug-likeness (QED) is 0.516. The number of hydrogen-bond acceptors (Lipinski definition) is 4. The van der Waals surface area contributed by atoms with E-state index in [9.17, 15) is 9.59 Å². The average molecular weight is 365 g/mol. The minimum absolute atomic E-state index is 0.172. The Bertz CT molecular complexity index is 940. The van der Waals surface area contributed by atoms with Crippen molar-refractivity contribution in [2.45, 2.75) is 18.1 Å². The van der Waals surface area contributed by atoms with Crippen molar-refractivity contribution in [3.05, 3.63) is 82.6 Å². The van der Waals surface area contributed by atoms with E-state index >= 15 is 0 Å². The molecule has 2 aromatic carbocycles. The first-order valence-corrected chi connectivity index (χ1v) is 9.24. The van der Waals surface area contributed by atoms with Crippen LogP contribution in [-0.4, -0.2) is 21.2 Å². The van der Waals surface area contributed by atoms with Gasteiger partial charge < -0.3 is 5.73 Å². The summed E-state index contributed by atoms with van der Waals surface area (Å²) >= 11 is 1.45. The third kappa shape index (κ3) is 4.61. The molecule has 0 aliphatic carbocycles. The first-order valence-electron chi connectivity index (χ1n) is 8.26. The van der Waals surface area contributed by atoms with Crippen molar-refractivity contribution in [1.82, 2.24) is 9.55 Å². The molecule has 0 radical (unpaired) electrons. The summed E-state index contributed by atoms with van der Waals surface area (Å²) in [7, 11) is 0. The fourth-order valence-corrected chi connectivity index (χ4v) is 3.55. The molecule has 0 unspecified atom stereocenters. The molecule has 3 aromatic rings. The molecule has 1 aromatic heterocycles.